The minimum Gasteiger partial charge on any atom is -0.254 e. The number of pyridine rings is 2. The van der Waals surface area contributed by atoms with Gasteiger partial charge in [-0.15, -0.1) is 0 Å². The molecule has 3 aromatic rings. The molecule has 0 unspecified atom stereocenters. The zero-order chi connectivity index (χ0) is 26.9. The molecule has 0 bridgehead atoms. The van der Waals surface area contributed by atoms with E-state index in [1.807, 2.05) is 12.3 Å². The summed E-state index contributed by atoms with van der Waals surface area (Å²) in [4.78, 5) is 10.2. The highest BCUT2D eigenvalue weighted by Crippen LogP contribution is 2.68. The number of fused-ring (bicyclic) bond motifs is 9. The van der Waals surface area contributed by atoms with Crippen molar-refractivity contribution in [1.29, 1.82) is 0 Å². The monoisotopic (exact) mass is 522 g/mol. The van der Waals surface area contributed by atoms with Crippen LogP contribution in [0.5, 0.6) is 0 Å². The Hall–Kier alpha value is -1.96. The molecule has 3 saturated carbocycles. The predicted octanol–water partition coefficient (Wildman–Crippen LogP) is 9.82. The van der Waals surface area contributed by atoms with Gasteiger partial charge in [0.25, 0.3) is 0 Å². The fourth-order valence-electron chi connectivity index (χ4n) is 11.0. The van der Waals surface area contributed by atoms with Gasteiger partial charge in [0.05, 0.1) is 11.0 Å². The Kier molecular flexibility index (Phi) is 6.37. The maximum atomic E-state index is 5.41. The van der Waals surface area contributed by atoms with Crippen LogP contribution in [0.3, 0.4) is 0 Å². The number of aromatic nitrogens is 2. The van der Waals surface area contributed by atoms with Gasteiger partial charge in [0.2, 0.25) is 0 Å². The molecule has 0 saturated heterocycles. The number of hydrogen-bond acceptors (Lipinski definition) is 2. The van der Waals surface area contributed by atoms with Gasteiger partial charge in [-0.2, -0.15) is 0 Å². The van der Waals surface area contributed by atoms with Crippen LogP contribution in [0, 0.1) is 52.3 Å². The van der Waals surface area contributed by atoms with Crippen LogP contribution in [-0.4, -0.2) is 9.97 Å². The molecule has 7 rings (SSSR count). The summed E-state index contributed by atoms with van der Waals surface area (Å²) in [5.41, 5.74) is 6.07. The second-order valence-electron chi connectivity index (χ2n) is 15.4. The van der Waals surface area contributed by atoms with E-state index >= 15 is 0 Å². The summed E-state index contributed by atoms with van der Waals surface area (Å²) >= 11 is 0. The van der Waals surface area contributed by atoms with E-state index in [-0.39, 0.29) is 0 Å². The van der Waals surface area contributed by atoms with Gasteiger partial charge in [0, 0.05) is 22.7 Å². The number of benzene rings is 1. The molecule has 2 aromatic heterocycles. The average molecular weight is 523 g/mol. The molecular formula is C37H50N2. The predicted molar refractivity (Wildman–Crippen MR) is 164 cm³/mol. The molecule has 0 aliphatic heterocycles. The van der Waals surface area contributed by atoms with Gasteiger partial charge >= 0.3 is 0 Å². The summed E-state index contributed by atoms with van der Waals surface area (Å²) in [6.07, 6.45) is 17.4. The highest BCUT2D eigenvalue weighted by Gasteiger charge is 2.60. The summed E-state index contributed by atoms with van der Waals surface area (Å²) < 4.78 is 0. The van der Waals surface area contributed by atoms with Gasteiger partial charge in [-0.25, -0.2) is 0 Å². The van der Waals surface area contributed by atoms with Crippen molar-refractivity contribution in [3.05, 3.63) is 47.8 Å². The quantitative estimate of drug-likeness (QED) is 0.312. The number of nitrogens with zero attached hydrogens (tertiary/aromatic N) is 2. The second-order valence-corrected chi connectivity index (χ2v) is 15.4. The number of hydrogen-bond donors (Lipinski definition) is 0. The lowest BCUT2D eigenvalue weighted by molar-refractivity contribution is -0.104. The van der Waals surface area contributed by atoms with Crippen LogP contribution in [0.4, 0.5) is 0 Å². The molecule has 2 nitrogen and oxygen atoms in total. The van der Waals surface area contributed by atoms with E-state index in [1.165, 1.54) is 92.7 Å². The van der Waals surface area contributed by atoms with Crippen LogP contribution in [0.15, 0.2) is 36.5 Å². The molecule has 8 atom stereocenters. The lowest BCUT2D eigenvalue weighted by Crippen LogP contribution is -2.54. The van der Waals surface area contributed by atoms with Crippen molar-refractivity contribution >= 4 is 21.8 Å². The van der Waals surface area contributed by atoms with E-state index in [4.69, 9.17) is 9.97 Å². The molecule has 0 spiro atoms. The smallest absolute Gasteiger partial charge is 0.0968 e. The maximum absolute atomic E-state index is 5.41. The van der Waals surface area contributed by atoms with E-state index in [9.17, 15) is 0 Å². The maximum Gasteiger partial charge on any atom is 0.0968 e. The highest BCUT2D eigenvalue weighted by atomic mass is 14.8. The van der Waals surface area contributed by atoms with Gasteiger partial charge in [-0.1, -0.05) is 72.1 Å². The van der Waals surface area contributed by atoms with Crippen LogP contribution in [0.2, 0.25) is 0 Å². The van der Waals surface area contributed by atoms with Gasteiger partial charge in [0.1, 0.15) is 0 Å². The van der Waals surface area contributed by atoms with Crippen molar-refractivity contribution in [1.82, 2.24) is 9.97 Å². The third-order valence-electron chi connectivity index (χ3n) is 13.0. The van der Waals surface area contributed by atoms with E-state index < -0.39 is 0 Å². The van der Waals surface area contributed by atoms with Gasteiger partial charge in [0.15, 0.2) is 0 Å². The van der Waals surface area contributed by atoms with Crippen LogP contribution in [0.25, 0.3) is 21.8 Å². The Morgan fingerprint density at radius 2 is 1.69 bits per heavy atom. The zero-order valence-corrected chi connectivity index (χ0v) is 25.2. The van der Waals surface area contributed by atoms with Crippen LogP contribution in [0.1, 0.15) is 104 Å². The van der Waals surface area contributed by atoms with Gasteiger partial charge < -0.3 is 0 Å². The minimum absolute atomic E-state index is 0.400. The first-order valence-electron chi connectivity index (χ1n) is 16.4. The molecule has 3 fully saturated rings. The third kappa shape index (κ3) is 4.09. The third-order valence-corrected chi connectivity index (χ3v) is 13.0. The fraction of sp³-hybridized carbons (Fsp3) is 0.676. The Morgan fingerprint density at radius 1 is 0.872 bits per heavy atom. The van der Waals surface area contributed by atoms with E-state index in [2.05, 4.69) is 58.9 Å². The Labute approximate surface area is 236 Å². The first-order valence-corrected chi connectivity index (χ1v) is 16.4. The van der Waals surface area contributed by atoms with Crippen molar-refractivity contribution < 1.29 is 0 Å². The van der Waals surface area contributed by atoms with E-state index in [1.54, 1.807) is 0 Å². The molecule has 0 N–H and O–H groups in total. The second kappa shape index (κ2) is 9.56. The minimum atomic E-state index is 0.400. The summed E-state index contributed by atoms with van der Waals surface area (Å²) in [7, 11) is 0. The molecule has 208 valence electrons. The van der Waals surface area contributed by atoms with Gasteiger partial charge in [-0.3, -0.25) is 9.97 Å². The summed E-state index contributed by atoms with van der Waals surface area (Å²) in [5, 5.41) is 2.47. The largest absolute Gasteiger partial charge is 0.254 e. The molecule has 39 heavy (non-hydrogen) atoms. The highest BCUT2D eigenvalue weighted by molar-refractivity contribution is 6.02. The standard InChI is InChI=1S/C37H50N2/c1-23(2)8-6-9-24(3)30-15-16-31-29-14-13-28-21-27-20-26-12-11-25-10-7-19-38-34(25)35(26)39-33(27)22-37(28,5)32(29)17-18-36(30,31)4/h7,10-12,19-20,23-24,28-32H,6,8-9,13-18,21-22H2,1-5H3/t24-,28+,29+,30-,31+,32+,36-,37+/m1/s1. The molecule has 2 heterocycles. The zero-order valence-electron chi connectivity index (χ0n) is 25.2. The van der Waals surface area contributed by atoms with Crippen molar-refractivity contribution in [3.63, 3.8) is 0 Å². The number of rotatable bonds is 5. The molecule has 2 heteroatoms. The molecule has 0 radical (unpaired) electrons. The molecule has 0 amide bonds. The van der Waals surface area contributed by atoms with Crippen molar-refractivity contribution in [2.75, 3.05) is 0 Å². The normalized spacial score (nSPS) is 36.4. The van der Waals surface area contributed by atoms with Crippen molar-refractivity contribution in [2.45, 2.75) is 105 Å². The summed E-state index contributed by atoms with van der Waals surface area (Å²) in [6, 6.07) is 11.2. The van der Waals surface area contributed by atoms with Crippen LogP contribution >= 0.6 is 0 Å². The molecule has 4 aliphatic rings. The van der Waals surface area contributed by atoms with Crippen LogP contribution in [-0.2, 0) is 12.8 Å². The molecular weight excluding hydrogens is 472 g/mol. The van der Waals surface area contributed by atoms with Crippen LogP contribution < -0.4 is 0 Å². The van der Waals surface area contributed by atoms with Crippen molar-refractivity contribution in [3.8, 4) is 0 Å². The Bertz CT molecular complexity index is 1370. The summed E-state index contributed by atoms with van der Waals surface area (Å²) in [5.74, 6) is 6.26. The lowest BCUT2D eigenvalue weighted by Gasteiger charge is -2.60. The fourth-order valence-corrected chi connectivity index (χ4v) is 11.0. The van der Waals surface area contributed by atoms with E-state index in [0.29, 0.717) is 10.8 Å². The van der Waals surface area contributed by atoms with E-state index in [0.717, 1.165) is 52.5 Å². The Morgan fingerprint density at radius 3 is 2.54 bits per heavy atom. The first kappa shape index (κ1) is 26.0. The topological polar surface area (TPSA) is 25.8 Å². The SMILES string of the molecule is CC(C)CCC[C@@H](C)[C@H]1CC[C@H]2[C@@H]3CC[C@H]4Cc5cc6ccc7cccnc7c6nc5C[C@]4(C)[C@H]3CC[C@]12C. The first-order chi connectivity index (χ1) is 18.8. The lowest BCUT2D eigenvalue weighted by atomic mass is 9.44. The average Bonchev–Trinajstić information content (AvgIpc) is 3.28. The Balaban J connectivity index is 1.16. The van der Waals surface area contributed by atoms with Gasteiger partial charge in [-0.05, 0) is 121 Å². The van der Waals surface area contributed by atoms with Crippen molar-refractivity contribution in [2.24, 2.45) is 52.3 Å². The molecule has 4 aliphatic carbocycles. The molecule has 1 aromatic carbocycles. The summed E-state index contributed by atoms with van der Waals surface area (Å²) in [6.45, 7) is 12.8.